The Hall–Kier alpha value is -2.34. The molecule has 126 valence electrons. The number of nitrogens with zero attached hydrogens (tertiary/aromatic N) is 1. The van der Waals surface area contributed by atoms with Crippen molar-refractivity contribution in [2.45, 2.75) is 23.5 Å². The predicted molar refractivity (Wildman–Crippen MR) is 92.1 cm³/mol. The molecule has 0 bridgehead atoms. The zero-order valence-corrected chi connectivity index (χ0v) is 14.4. The highest BCUT2D eigenvalue weighted by atomic mass is 32.2. The number of para-hydroxylation sites is 1. The first-order chi connectivity index (χ1) is 11.5. The Morgan fingerprint density at radius 2 is 1.75 bits per heavy atom. The van der Waals surface area contributed by atoms with Gasteiger partial charge in [0.2, 0.25) is 5.91 Å². The van der Waals surface area contributed by atoms with Crippen LogP contribution in [0.15, 0.2) is 53.4 Å². The van der Waals surface area contributed by atoms with Crippen LogP contribution in [0.5, 0.6) is 5.75 Å². The molecule has 0 aliphatic carbocycles. The van der Waals surface area contributed by atoms with Crippen molar-refractivity contribution in [3.05, 3.63) is 54.1 Å². The van der Waals surface area contributed by atoms with E-state index in [2.05, 4.69) is 0 Å². The van der Waals surface area contributed by atoms with Gasteiger partial charge in [-0.15, -0.1) is 0 Å². The van der Waals surface area contributed by atoms with Gasteiger partial charge in [0.15, 0.2) is 9.84 Å². The van der Waals surface area contributed by atoms with Crippen molar-refractivity contribution in [2.24, 2.45) is 0 Å². The molecule has 0 saturated carbocycles. The Bertz CT molecular complexity index is 859. The maximum atomic E-state index is 12.9. The zero-order valence-electron chi connectivity index (χ0n) is 13.6. The minimum absolute atomic E-state index is 0.149. The van der Waals surface area contributed by atoms with Gasteiger partial charge in [-0.1, -0.05) is 24.3 Å². The number of methoxy groups -OCH3 is 1. The molecule has 2 aromatic carbocycles. The molecule has 3 rings (SSSR count). The van der Waals surface area contributed by atoms with Crippen molar-refractivity contribution in [1.82, 2.24) is 0 Å². The van der Waals surface area contributed by atoms with Crippen LogP contribution in [0.25, 0.3) is 0 Å². The Morgan fingerprint density at radius 1 is 1.08 bits per heavy atom. The quantitative estimate of drug-likeness (QED) is 0.854. The Kier molecular flexibility index (Phi) is 4.32. The fourth-order valence-electron chi connectivity index (χ4n) is 3.00. The van der Waals surface area contributed by atoms with Crippen LogP contribution >= 0.6 is 0 Å². The Morgan fingerprint density at radius 3 is 2.38 bits per heavy atom. The number of sulfone groups is 1. The molecule has 1 aliphatic rings. The lowest BCUT2D eigenvalue weighted by Crippen LogP contribution is -2.48. The van der Waals surface area contributed by atoms with E-state index in [0.29, 0.717) is 18.0 Å². The summed E-state index contributed by atoms with van der Waals surface area (Å²) >= 11 is 0. The van der Waals surface area contributed by atoms with Crippen molar-refractivity contribution in [2.75, 3.05) is 18.6 Å². The average Bonchev–Trinajstić information content (AvgIpc) is 2.60. The third kappa shape index (κ3) is 2.67. The normalized spacial score (nSPS) is 19.0. The molecule has 1 atom stereocenters. The second-order valence-corrected chi connectivity index (χ2v) is 7.73. The van der Waals surface area contributed by atoms with E-state index in [0.717, 1.165) is 5.56 Å². The van der Waals surface area contributed by atoms with Crippen LogP contribution in [0.2, 0.25) is 0 Å². The minimum Gasteiger partial charge on any atom is -0.497 e. The summed E-state index contributed by atoms with van der Waals surface area (Å²) in [5.41, 5.74) is 1.25. The second kappa shape index (κ2) is 6.28. The van der Waals surface area contributed by atoms with E-state index in [4.69, 9.17) is 4.74 Å². The molecule has 5 nitrogen and oxygen atoms in total. The molecular formula is C18H19NO4S. The molecule has 0 N–H and O–H groups in total. The fourth-order valence-corrected chi connectivity index (χ4v) is 4.85. The largest absolute Gasteiger partial charge is 0.497 e. The standard InChI is InChI=1S/C18H19NO4S/c1-3-19-15-6-4-5-7-16(15)24(21,22)17(18(19)20)12-13-8-10-14(23-2)11-9-13/h4-11,17H,3,12H2,1-2H3. The van der Waals surface area contributed by atoms with Crippen molar-refractivity contribution in [3.8, 4) is 5.75 Å². The van der Waals surface area contributed by atoms with E-state index in [-0.39, 0.29) is 17.2 Å². The Labute approximate surface area is 141 Å². The van der Waals surface area contributed by atoms with E-state index in [1.807, 2.05) is 6.92 Å². The highest BCUT2D eigenvalue weighted by Crippen LogP contribution is 2.35. The van der Waals surface area contributed by atoms with E-state index in [1.165, 1.54) is 0 Å². The van der Waals surface area contributed by atoms with Crippen molar-refractivity contribution in [3.63, 3.8) is 0 Å². The van der Waals surface area contributed by atoms with Gasteiger partial charge in [-0.2, -0.15) is 0 Å². The van der Waals surface area contributed by atoms with Crippen molar-refractivity contribution >= 4 is 21.4 Å². The van der Waals surface area contributed by atoms with Crippen LogP contribution in [0.1, 0.15) is 12.5 Å². The number of carbonyl (C=O) groups is 1. The van der Waals surface area contributed by atoms with Crippen LogP contribution in [0.3, 0.4) is 0 Å². The topological polar surface area (TPSA) is 63.7 Å². The van der Waals surface area contributed by atoms with Crippen LogP contribution in [0, 0.1) is 0 Å². The summed E-state index contributed by atoms with van der Waals surface area (Å²) in [6.45, 7) is 2.28. The molecule has 0 fully saturated rings. The summed E-state index contributed by atoms with van der Waals surface area (Å²) in [5.74, 6) is 0.323. The summed E-state index contributed by atoms with van der Waals surface area (Å²) in [7, 11) is -2.14. The number of anilines is 1. The van der Waals surface area contributed by atoms with Gasteiger partial charge >= 0.3 is 0 Å². The SMILES string of the molecule is CCN1C(=O)C(Cc2ccc(OC)cc2)S(=O)(=O)c2ccccc21. The highest BCUT2D eigenvalue weighted by molar-refractivity contribution is 7.93. The maximum Gasteiger partial charge on any atom is 0.246 e. The molecule has 1 amide bonds. The lowest BCUT2D eigenvalue weighted by molar-refractivity contribution is -0.118. The summed E-state index contributed by atoms with van der Waals surface area (Å²) in [5, 5.41) is -1.10. The van der Waals surface area contributed by atoms with Gasteiger partial charge in [-0.05, 0) is 43.2 Å². The number of ether oxygens (including phenoxy) is 1. The summed E-state index contributed by atoms with van der Waals surface area (Å²) in [6.07, 6.45) is 0.149. The number of rotatable bonds is 4. The van der Waals surface area contributed by atoms with E-state index in [9.17, 15) is 13.2 Å². The van der Waals surface area contributed by atoms with Gasteiger partial charge in [-0.3, -0.25) is 4.79 Å². The number of amides is 1. The van der Waals surface area contributed by atoms with Gasteiger partial charge in [0.05, 0.1) is 17.7 Å². The molecule has 1 aliphatic heterocycles. The monoisotopic (exact) mass is 345 g/mol. The third-order valence-corrected chi connectivity index (χ3v) is 6.35. The summed E-state index contributed by atoms with van der Waals surface area (Å²) < 4.78 is 31.0. The first-order valence-electron chi connectivity index (χ1n) is 7.76. The van der Waals surface area contributed by atoms with Gasteiger partial charge in [0.1, 0.15) is 11.0 Å². The lowest BCUT2D eigenvalue weighted by atomic mass is 10.1. The number of carbonyl (C=O) groups excluding carboxylic acids is 1. The molecule has 0 saturated heterocycles. The predicted octanol–water partition coefficient (Wildman–Crippen LogP) is 2.45. The maximum absolute atomic E-state index is 12.9. The molecule has 24 heavy (non-hydrogen) atoms. The first-order valence-corrected chi connectivity index (χ1v) is 9.31. The smallest absolute Gasteiger partial charge is 0.246 e. The van der Waals surface area contributed by atoms with E-state index < -0.39 is 15.1 Å². The highest BCUT2D eigenvalue weighted by Gasteiger charge is 2.43. The second-order valence-electron chi connectivity index (χ2n) is 5.64. The summed E-state index contributed by atoms with van der Waals surface area (Å²) in [6, 6.07) is 13.8. The number of fused-ring (bicyclic) bond motifs is 1. The van der Waals surface area contributed by atoms with E-state index in [1.54, 1.807) is 60.5 Å². The molecule has 1 unspecified atom stereocenters. The van der Waals surface area contributed by atoms with Crippen molar-refractivity contribution in [1.29, 1.82) is 0 Å². The van der Waals surface area contributed by atoms with Gasteiger partial charge in [-0.25, -0.2) is 8.42 Å². The van der Waals surface area contributed by atoms with Gasteiger partial charge in [0.25, 0.3) is 0 Å². The van der Waals surface area contributed by atoms with Crippen LogP contribution in [-0.4, -0.2) is 33.2 Å². The van der Waals surface area contributed by atoms with Gasteiger partial charge < -0.3 is 9.64 Å². The van der Waals surface area contributed by atoms with Crippen LogP contribution in [0.4, 0.5) is 5.69 Å². The fraction of sp³-hybridized carbons (Fsp3) is 0.278. The van der Waals surface area contributed by atoms with Crippen molar-refractivity contribution < 1.29 is 17.9 Å². The van der Waals surface area contributed by atoms with E-state index >= 15 is 0 Å². The average molecular weight is 345 g/mol. The molecule has 1 heterocycles. The molecule has 0 radical (unpaired) electrons. The van der Waals surface area contributed by atoms with Crippen LogP contribution < -0.4 is 9.64 Å². The van der Waals surface area contributed by atoms with Gasteiger partial charge in [0, 0.05) is 6.54 Å². The Balaban J connectivity index is 2.02. The summed E-state index contributed by atoms with van der Waals surface area (Å²) in [4.78, 5) is 14.6. The van der Waals surface area contributed by atoms with Crippen LogP contribution in [-0.2, 0) is 21.1 Å². The first kappa shape index (κ1) is 16.5. The number of benzene rings is 2. The zero-order chi connectivity index (χ0) is 17.3. The number of hydrogen-bond acceptors (Lipinski definition) is 4. The lowest BCUT2D eigenvalue weighted by Gasteiger charge is -2.33. The molecular weight excluding hydrogens is 326 g/mol. The molecule has 0 spiro atoms. The minimum atomic E-state index is -3.71. The number of hydrogen-bond donors (Lipinski definition) is 0. The third-order valence-electron chi connectivity index (χ3n) is 4.27. The molecule has 2 aromatic rings. The molecule has 0 aromatic heterocycles. The molecule has 6 heteroatoms.